The molecule has 7 nitrogen and oxygen atoms in total. The highest BCUT2D eigenvalue weighted by molar-refractivity contribution is 7.20. The lowest BCUT2D eigenvalue weighted by atomic mass is 9.86. The summed E-state index contributed by atoms with van der Waals surface area (Å²) >= 11 is 1.14. The molecule has 1 saturated carbocycles. The zero-order valence-electron chi connectivity index (χ0n) is 15.9. The third-order valence-corrected chi connectivity index (χ3v) is 6.33. The van der Waals surface area contributed by atoms with Crippen LogP contribution in [0.1, 0.15) is 54.8 Å². The van der Waals surface area contributed by atoms with Crippen LogP contribution in [0.5, 0.6) is 0 Å². The first-order valence-electron chi connectivity index (χ1n) is 9.37. The number of fused-ring (bicyclic) bond motifs is 1. The molecule has 1 amide bonds. The number of aryl methyl sites for hydroxylation is 1. The minimum absolute atomic E-state index is 0.0744. The van der Waals surface area contributed by atoms with Crippen molar-refractivity contribution in [1.82, 2.24) is 14.9 Å². The average molecular weight is 391 g/mol. The number of nitrogens with one attached hydrogen (secondary N) is 1. The van der Waals surface area contributed by atoms with Crippen LogP contribution in [-0.4, -0.2) is 34.1 Å². The van der Waals surface area contributed by atoms with E-state index in [4.69, 9.17) is 4.74 Å². The fourth-order valence-electron chi connectivity index (χ4n) is 3.60. The van der Waals surface area contributed by atoms with Gasteiger partial charge in [-0.2, -0.15) is 0 Å². The van der Waals surface area contributed by atoms with Gasteiger partial charge in [0.1, 0.15) is 16.3 Å². The summed E-state index contributed by atoms with van der Waals surface area (Å²) < 4.78 is 6.34. The van der Waals surface area contributed by atoms with Crippen molar-refractivity contribution < 1.29 is 14.3 Å². The molecule has 1 aliphatic rings. The van der Waals surface area contributed by atoms with E-state index in [1.807, 2.05) is 0 Å². The molecule has 1 fully saturated rings. The van der Waals surface area contributed by atoms with Gasteiger partial charge in [0.15, 0.2) is 0 Å². The second kappa shape index (κ2) is 8.21. The van der Waals surface area contributed by atoms with Crippen molar-refractivity contribution in [3.63, 3.8) is 0 Å². The van der Waals surface area contributed by atoms with Crippen LogP contribution in [0.4, 0.5) is 0 Å². The van der Waals surface area contributed by atoms with Gasteiger partial charge in [-0.15, -0.1) is 11.3 Å². The van der Waals surface area contributed by atoms with Crippen molar-refractivity contribution in [1.29, 1.82) is 0 Å². The summed E-state index contributed by atoms with van der Waals surface area (Å²) in [5, 5.41) is 3.43. The monoisotopic (exact) mass is 391 g/mol. The maximum atomic E-state index is 12.8. The molecule has 2 unspecified atom stereocenters. The number of carbonyl (C=O) groups excluding carboxylic acids is 2. The molecule has 0 spiro atoms. The Morgan fingerprint density at radius 2 is 2.11 bits per heavy atom. The topological polar surface area (TPSA) is 90.3 Å². The molecule has 1 aliphatic carbocycles. The molecule has 146 valence electrons. The van der Waals surface area contributed by atoms with Gasteiger partial charge in [-0.25, -0.2) is 9.78 Å². The minimum atomic E-state index is -0.451. The normalized spacial score (nSPS) is 19.8. The summed E-state index contributed by atoms with van der Waals surface area (Å²) in [4.78, 5) is 42.5. The quantitative estimate of drug-likeness (QED) is 0.792. The van der Waals surface area contributed by atoms with Crippen LogP contribution in [0.3, 0.4) is 0 Å². The Morgan fingerprint density at radius 3 is 2.81 bits per heavy atom. The molecule has 27 heavy (non-hydrogen) atoms. The predicted molar refractivity (Wildman–Crippen MR) is 104 cm³/mol. The molecule has 0 radical (unpaired) electrons. The van der Waals surface area contributed by atoms with Crippen molar-refractivity contribution in [2.24, 2.45) is 5.92 Å². The van der Waals surface area contributed by atoms with E-state index in [9.17, 15) is 14.4 Å². The first kappa shape index (κ1) is 19.5. The van der Waals surface area contributed by atoms with E-state index in [0.29, 0.717) is 26.6 Å². The third kappa shape index (κ3) is 4.05. The fourth-order valence-corrected chi connectivity index (χ4v) is 4.63. The number of carbonyl (C=O) groups is 2. The highest BCUT2D eigenvalue weighted by Crippen LogP contribution is 2.27. The third-order valence-electron chi connectivity index (χ3n) is 5.15. The van der Waals surface area contributed by atoms with Gasteiger partial charge in [-0.1, -0.05) is 19.8 Å². The number of nitrogens with zero attached hydrogens (tertiary/aromatic N) is 2. The summed E-state index contributed by atoms with van der Waals surface area (Å²) in [6, 6.07) is 0.164. The molecule has 2 heterocycles. The molecule has 2 atom stereocenters. The molecule has 0 saturated heterocycles. The van der Waals surface area contributed by atoms with Crippen LogP contribution in [0.15, 0.2) is 11.1 Å². The Hall–Kier alpha value is -2.22. The van der Waals surface area contributed by atoms with E-state index in [0.717, 1.165) is 30.6 Å². The molecular formula is C19H25N3O4S. The van der Waals surface area contributed by atoms with Crippen LogP contribution in [0.2, 0.25) is 0 Å². The summed E-state index contributed by atoms with van der Waals surface area (Å²) in [6.45, 7) is 5.79. The van der Waals surface area contributed by atoms with Crippen molar-refractivity contribution in [3.8, 4) is 0 Å². The maximum Gasteiger partial charge on any atom is 0.348 e. The van der Waals surface area contributed by atoms with Crippen molar-refractivity contribution in [2.75, 3.05) is 6.61 Å². The number of aromatic nitrogens is 2. The smallest absolute Gasteiger partial charge is 0.348 e. The second-order valence-electron chi connectivity index (χ2n) is 7.07. The van der Waals surface area contributed by atoms with Crippen LogP contribution < -0.4 is 10.9 Å². The van der Waals surface area contributed by atoms with Gasteiger partial charge in [0.05, 0.1) is 18.3 Å². The lowest BCUT2D eigenvalue weighted by Gasteiger charge is -2.29. The molecule has 0 aromatic carbocycles. The first-order valence-corrected chi connectivity index (χ1v) is 10.2. The zero-order valence-corrected chi connectivity index (χ0v) is 16.7. The van der Waals surface area contributed by atoms with Crippen LogP contribution >= 0.6 is 11.3 Å². The first-order chi connectivity index (χ1) is 12.9. The molecule has 8 heteroatoms. The largest absolute Gasteiger partial charge is 0.462 e. The number of hydrogen-bond acceptors (Lipinski definition) is 6. The summed E-state index contributed by atoms with van der Waals surface area (Å²) in [6.07, 6.45) is 5.79. The Morgan fingerprint density at radius 1 is 1.37 bits per heavy atom. The molecular weight excluding hydrogens is 366 g/mol. The Balaban J connectivity index is 1.82. The summed E-state index contributed by atoms with van der Waals surface area (Å²) in [7, 11) is 0. The number of thiophene rings is 1. The maximum absolute atomic E-state index is 12.8. The second-order valence-corrected chi connectivity index (χ2v) is 8.07. The van der Waals surface area contributed by atoms with Crippen molar-refractivity contribution in [3.05, 3.63) is 27.1 Å². The highest BCUT2D eigenvalue weighted by Gasteiger charge is 2.24. The van der Waals surface area contributed by atoms with E-state index < -0.39 is 5.97 Å². The lowest BCUT2D eigenvalue weighted by molar-refractivity contribution is -0.123. The Kier molecular flexibility index (Phi) is 5.94. The van der Waals surface area contributed by atoms with Crippen molar-refractivity contribution >= 4 is 33.4 Å². The van der Waals surface area contributed by atoms with Crippen LogP contribution in [0.25, 0.3) is 10.2 Å². The van der Waals surface area contributed by atoms with Gasteiger partial charge in [0, 0.05) is 6.04 Å². The van der Waals surface area contributed by atoms with Crippen LogP contribution in [0, 0.1) is 12.8 Å². The Bertz CT molecular complexity index is 918. The van der Waals surface area contributed by atoms with E-state index in [-0.39, 0.29) is 30.7 Å². The van der Waals surface area contributed by atoms with Gasteiger partial charge >= 0.3 is 5.97 Å². The number of ether oxygens (including phenoxy) is 1. The fraction of sp³-hybridized carbons (Fsp3) is 0.579. The van der Waals surface area contributed by atoms with Gasteiger partial charge in [-0.3, -0.25) is 14.2 Å². The molecule has 2 aromatic rings. The molecule has 1 N–H and O–H groups in total. The lowest BCUT2D eigenvalue weighted by Crippen LogP contribution is -2.43. The van der Waals surface area contributed by atoms with E-state index in [2.05, 4.69) is 17.2 Å². The highest BCUT2D eigenvalue weighted by atomic mass is 32.1. The van der Waals surface area contributed by atoms with Crippen LogP contribution in [-0.2, 0) is 16.1 Å². The average Bonchev–Trinajstić information content (AvgIpc) is 2.97. The number of esters is 1. The SMILES string of the molecule is CCOC(=O)c1sc2ncn(CC(=O)NC3CCCCC3C)c(=O)c2c1C. The molecule has 3 rings (SSSR count). The van der Waals surface area contributed by atoms with Gasteiger partial charge in [0.2, 0.25) is 5.91 Å². The molecule has 0 aliphatic heterocycles. The van der Waals surface area contributed by atoms with E-state index >= 15 is 0 Å². The number of rotatable bonds is 5. The summed E-state index contributed by atoms with van der Waals surface area (Å²) in [5.74, 6) is -0.185. The minimum Gasteiger partial charge on any atom is -0.462 e. The van der Waals surface area contributed by atoms with E-state index in [1.165, 1.54) is 17.3 Å². The molecule has 2 aromatic heterocycles. The zero-order chi connectivity index (χ0) is 19.6. The predicted octanol–water partition coefficient (Wildman–Crippen LogP) is 2.64. The number of hydrogen-bond donors (Lipinski definition) is 1. The standard InChI is InChI=1S/C19H25N3O4S/c1-4-26-19(25)16-12(3)15-17(27-16)20-10-22(18(15)24)9-14(23)21-13-8-6-5-7-11(13)2/h10-11,13H,4-9H2,1-3H3,(H,21,23). The van der Waals surface area contributed by atoms with E-state index in [1.54, 1.807) is 13.8 Å². The van der Waals surface area contributed by atoms with Crippen molar-refractivity contribution in [2.45, 2.75) is 59.0 Å². The summed E-state index contributed by atoms with van der Waals surface area (Å²) in [5.41, 5.74) is 0.248. The molecule has 0 bridgehead atoms. The van der Waals surface area contributed by atoms with Gasteiger partial charge in [0.25, 0.3) is 5.56 Å². The van der Waals surface area contributed by atoms with Gasteiger partial charge in [-0.05, 0) is 38.2 Å². The Labute approximate surface area is 161 Å². The number of amides is 1. The van der Waals surface area contributed by atoms with Gasteiger partial charge < -0.3 is 10.1 Å².